The first-order chi connectivity index (χ1) is 8.58. The maximum atomic E-state index is 11.8. The highest BCUT2D eigenvalue weighted by molar-refractivity contribution is 5.79. The number of H-pyrrole nitrogens is 1. The van der Waals surface area contributed by atoms with E-state index in [1.165, 1.54) is 4.90 Å². The molecule has 1 aromatic carbocycles. The minimum atomic E-state index is -0.111. The van der Waals surface area contributed by atoms with Crippen molar-refractivity contribution in [3.05, 3.63) is 46.2 Å². The SMILES string of the molecule is CN(C)C(=O)CCc1cc2ccccc2[nH]c1=O. The van der Waals surface area contributed by atoms with Crippen LogP contribution in [0.2, 0.25) is 0 Å². The van der Waals surface area contributed by atoms with E-state index in [4.69, 9.17) is 0 Å². The maximum Gasteiger partial charge on any atom is 0.251 e. The van der Waals surface area contributed by atoms with Crippen LogP contribution < -0.4 is 5.56 Å². The van der Waals surface area contributed by atoms with E-state index in [1.54, 1.807) is 14.1 Å². The Hall–Kier alpha value is -2.10. The van der Waals surface area contributed by atoms with Crippen molar-refractivity contribution >= 4 is 16.8 Å². The van der Waals surface area contributed by atoms with Crippen molar-refractivity contribution < 1.29 is 4.79 Å². The van der Waals surface area contributed by atoms with Crippen molar-refractivity contribution in [1.29, 1.82) is 0 Å². The van der Waals surface area contributed by atoms with Gasteiger partial charge in [-0.05, 0) is 23.9 Å². The Balaban J connectivity index is 2.26. The average Bonchev–Trinajstić information content (AvgIpc) is 2.35. The fourth-order valence-corrected chi connectivity index (χ4v) is 1.84. The van der Waals surface area contributed by atoms with Crippen molar-refractivity contribution in [2.24, 2.45) is 0 Å². The van der Waals surface area contributed by atoms with Gasteiger partial charge in [0.2, 0.25) is 5.91 Å². The Kier molecular flexibility index (Phi) is 3.46. The van der Waals surface area contributed by atoms with Gasteiger partial charge in [0.25, 0.3) is 5.56 Å². The molecule has 94 valence electrons. The number of nitrogens with one attached hydrogen (secondary N) is 1. The van der Waals surface area contributed by atoms with E-state index in [9.17, 15) is 9.59 Å². The molecule has 2 aromatic rings. The molecule has 1 aromatic heterocycles. The highest BCUT2D eigenvalue weighted by Gasteiger charge is 2.07. The van der Waals surface area contributed by atoms with Gasteiger partial charge in [-0.25, -0.2) is 0 Å². The van der Waals surface area contributed by atoms with Gasteiger partial charge in [0.05, 0.1) is 0 Å². The van der Waals surface area contributed by atoms with Crippen LogP contribution in [0.1, 0.15) is 12.0 Å². The van der Waals surface area contributed by atoms with Crippen LogP contribution in [0.25, 0.3) is 10.9 Å². The van der Waals surface area contributed by atoms with E-state index in [0.29, 0.717) is 18.4 Å². The summed E-state index contributed by atoms with van der Waals surface area (Å²) in [6.45, 7) is 0. The van der Waals surface area contributed by atoms with Crippen molar-refractivity contribution in [3.63, 3.8) is 0 Å². The van der Waals surface area contributed by atoms with Gasteiger partial charge in [-0.3, -0.25) is 9.59 Å². The minimum absolute atomic E-state index is 0.0301. The third-order valence-electron chi connectivity index (χ3n) is 2.94. The van der Waals surface area contributed by atoms with Gasteiger partial charge in [0.1, 0.15) is 0 Å². The van der Waals surface area contributed by atoms with Gasteiger partial charge >= 0.3 is 0 Å². The standard InChI is InChI=1S/C14H16N2O2/c1-16(2)13(17)8-7-11-9-10-5-3-4-6-12(10)15-14(11)18/h3-6,9H,7-8H2,1-2H3,(H,15,18). The van der Waals surface area contributed by atoms with Gasteiger partial charge in [-0.1, -0.05) is 18.2 Å². The van der Waals surface area contributed by atoms with E-state index >= 15 is 0 Å². The van der Waals surface area contributed by atoms with E-state index in [2.05, 4.69) is 4.98 Å². The molecule has 1 N–H and O–H groups in total. The predicted molar refractivity (Wildman–Crippen MR) is 71.6 cm³/mol. The van der Waals surface area contributed by atoms with E-state index < -0.39 is 0 Å². The average molecular weight is 244 g/mol. The molecular weight excluding hydrogens is 228 g/mol. The molecule has 0 unspecified atom stereocenters. The van der Waals surface area contributed by atoms with Crippen LogP contribution in [0, 0.1) is 0 Å². The smallest absolute Gasteiger partial charge is 0.251 e. The molecule has 0 saturated carbocycles. The number of hydrogen-bond acceptors (Lipinski definition) is 2. The number of nitrogens with zero attached hydrogens (tertiary/aromatic N) is 1. The Morgan fingerprint density at radius 3 is 2.72 bits per heavy atom. The number of aromatic nitrogens is 1. The Morgan fingerprint density at radius 1 is 1.28 bits per heavy atom. The third kappa shape index (κ3) is 2.59. The number of amides is 1. The van der Waals surface area contributed by atoms with Gasteiger partial charge in [0, 0.05) is 31.6 Å². The van der Waals surface area contributed by atoms with Gasteiger partial charge < -0.3 is 9.88 Å². The number of fused-ring (bicyclic) bond motifs is 1. The Morgan fingerprint density at radius 2 is 2.00 bits per heavy atom. The van der Waals surface area contributed by atoms with Crippen LogP contribution in [-0.4, -0.2) is 29.9 Å². The van der Waals surface area contributed by atoms with Gasteiger partial charge in [-0.15, -0.1) is 0 Å². The second-order valence-electron chi connectivity index (χ2n) is 4.50. The zero-order chi connectivity index (χ0) is 13.1. The molecule has 0 bridgehead atoms. The number of carbonyl (C=O) groups excluding carboxylic acids is 1. The molecule has 1 heterocycles. The lowest BCUT2D eigenvalue weighted by Crippen LogP contribution is -2.23. The summed E-state index contributed by atoms with van der Waals surface area (Å²) in [6.07, 6.45) is 0.825. The van der Waals surface area contributed by atoms with E-state index in [-0.39, 0.29) is 11.5 Å². The molecule has 1 amide bonds. The van der Waals surface area contributed by atoms with E-state index in [0.717, 1.165) is 10.9 Å². The van der Waals surface area contributed by atoms with Crippen molar-refractivity contribution in [3.8, 4) is 0 Å². The van der Waals surface area contributed by atoms with Crippen LogP contribution in [-0.2, 0) is 11.2 Å². The minimum Gasteiger partial charge on any atom is -0.349 e. The fourth-order valence-electron chi connectivity index (χ4n) is 1.84. The zero-order valence-corrected chi connectivity index (χ0v) is 10.6. The molecule has 4 nitrogen and oxygen atoms in total. The molecular formula is C14H16N2O2. The summed E-state index contributed by atoms with van der Waals surface area (Å²) in [6, 6.07) is 9.48. The molecule has 0 aliphatic carbocycles. The lowest BCUT2D eigenvalue weighted by molar-refractivity contribution is -0.128. The van der Waals surface area contributed by atoms with Gasteiger partial charge in [0.15, 0.2) is 0 Å². The number of aromatic amines is 1. The lowest BCUT2D eigenvalue weighted by atomic mass is 10.1. The van der Waals surface area contributed by atoms with Crippen LogP contribution in [0.5, 0.6) is 0 Å². The number of benzene rings is 1. The largest absolute Gasteiger partial charge is 0.349 e. The lowest BCUT2D eigenvalue weighted by Gasteiger charge is -2.09. The summed E-state index contributed by atoms with van der Waals surface area (Å²) < 4.78 is 0. The first-order valence-corrected chi connectivity index (χ1v) is 5.89. The van der Waals surface area contributed by atoms with Crippen LogP contribution in [0.15, 0.2) is 35.1 Å². The molecule has 0 spiro atoms. The van der Waals surface area contributed by atoms with Crippen LogP contribution in [0.3, 0.4) is 0 Å². The molecule has 2 rings (SSSR count). The molecule has 0 atom stereocenters. The number of pyridine rings is 1. The van der Waals surface area contributed by atoms with Crippen molar-refractivity contribution in [2.75, 3.05) is 14.1 Å². The summed E-state index contributed by atoms with van der Waals surface area (Å²) >= 11 is 0. The number of rotatable bonds is 3. The van der Waals surface area contributed by atoms with Crippen LogP contribution >= 0.6 is 0 Å². The number of aryl methyl sites for hydroxylation is 1. The second-order valence-corrected chi connectivity index (χ2v) is 4.50. The summed E-state index contributed by atoms with van der Waals surface area (Å²) in [7, 11) is 3.43. The molecule has 0 radical (unpaired) electrons. The summed E-state index contributed by atoms with van der Waals surface area (Å²) in [5, 5.41) is 0.990. The second kappa shape index (κ2) is 5.04. The maximum absolute atomic E-state index is 11.8. The zero-order valence-electron chi connectivity index (χ0n) is 10.6. The van der Waals surface area contributed by atoms with Crippen LogP contribution in [0.4, 0.5) is 0 Å². The number of carbonyl (C=O) groups is 1. The predicted octanol–water partition coefficient (Wildman–Crippen LogP) is 1.55. The molecule has 0 aliphatic rings. The Labute approximate surface area is 105 Å². The number of para-hydroxylation sites is 1. The normalized spacial score (nSPS) is 10.6. The van der Waals surface area contributed by atoms with E-state index in [1.807, 2.05) is 30.3 Å². The molecule has 0 fully saturated rings. The monoisotopic (exact) mass is 244 g/mol. The molecule has 18 heavy (non-hydrogen) atoms. The fraction of sp³-hybridized carbons (Fsp3) is 0.286. The van der Waals surface area contributed by atoms with Crippen molar-refractivity contribution in [1.82, 2.24) is 9.88 Å². The number of hydrogen-bond donors (Lipinski definition) is 1. The third-order valence-corrected chi connectivity index (χ3v) is 2.94. The van der Waals surface area contributed by atoms with Crippen molar-refractivity contribution in [2.45, 2.75) is 12.8 Å². The summed E-state index contributed by atoms with van der Waals surface area (Å²) in [5.74, 6) is 0.0301. The highest BCUT2D eigenvalue weighted by Crippen LogP contribution is 2.11. The van der Waals surface area contributed by atoms with Gasteiger partial charge in [-0.2, -0.15) is 0 Å². The summed E-state index contributed by atoms with van der Waals surface area (Å²) in [5.41, 5.74) is 1.37. The quantitative estimate of drug-likeness (QED) is 0.890. The topological polar surface area (TPSA) is 53.2 Å². The molecule has 0 aliphatic heterocycles. The first-order valence-electron chi connectivity index (χ1n) is 5.89. The Bertz CT molecular complexity index is 629. The first kappa shape index (κ1) is 12.4. The summed E-state index contributed by atoms with van der Waals surface area (Å²) in [4.78, 5) is 27.7. The molecule has 4 heteroatoms. The highest BCUT2D eigenvalue weighted by atomic mass is 16.2. The molecule has 0 saturated heterocycles.